The largest absolute Gasteiger partial charge is 0.103 e. The van der Waals surface area contributed by atoms with Crippen molar-refractivity contribution >= 4 is 0 Å². The Morgan fingerprint density at radius 1 is 1.08 bits per heavy atom. The van der Waals surface area contributed by atoms with Gasteiger partial charge in [-0.25, -0.2) is 0 Å². The second-order valence-corrected chi connectivity index (χ2v) is 3.69. The van der Waals surface area contributed by atoms with E-state index in [2.05, 4.69) is 39.5 Å². The summed E-state index contributed by atoms with van der Waals surface area (Å²) in [5.41, 5.74) is 5.65. The lowest BCUT2D eigenvalue weighted by molar-refractivity contribution is 0.983. The van der Waals surface area contributed by atoms with Crippen LogP contribution in [0.4, 0.5) is 0 Å². The van der Waals surface area contributed by atoms with Crippen LogP contribution in [0.3, 0.4) is 0 Å². The number of allylic oxidation sites excluding steroid dienone is 1. The maximum absolute atomic E-state index is 3.75. The first kappa shape index (κ1) is 10.0. The fraction of sp³-hybridized carbons (Fsp3) is 0.385. The molecule has 0 aliphatic carbocycles. The van der Waals surface area contributed by atoms with Crippen LogP contribution in [-0.2, 0) is 6.42 Å². The van der Waals surface area contributed by atoms with Gasteiger partial charge in [0.05, 0.1) is 0 Å². The summed E-state index contributed by atoms with van der Waals surface area (Å²) < 4.78 is 0. The molecule has 0 atom stereocenters. The molecule has 0 nitrogen and oxygen atoms in total. The van der Waals surface area contributed by atoms with Crippen LogP contribution in [0.25, 0.3) is 0 Å². The van der Waals surface area contributed by atoms with Gasteiger partial charge in [0, 0.05) is 0 Å². The van der Waals surface area contributed by atoms with E-state index in [4.69, 9.17) is 0 Å². The molecule has 0 fully saturated rings. The van der Waals surface area contributed by atoms with Crippen molar-refractivity contribution in [1.29, 1.82) is 0 Å². The lowest BCUT2D eigenvalue weighted by Crippen LogP contribution is -1.92. The van der Waals surface area contributed by atoms with Gasteiger partial charge in [-0.2, -0.15) is 0 Å². The van der Waals surface area contributed by atoms with Crippen molar-refractivity contribution in [3.8, 4) is 0 Å². The Morgan fingerprint density at radius 3 is 2.31 bits per heavy atom. The molecule has 0 N–H and O–H groups in total. The molecule has 0 amide bonds. The molecule has 1 rings (SSSR count). The quantitative estimate of drug-likeness (QED) is 0.612. The molecule has 0 radical (unpaired) electrons. The van der Waals surface area contributed by atoms with E-state index in [9.17, 15) is 0 Å². The van der Waals surface area contributed by atoms with Crippen LogP contribution in [-0.4, -0.2) is 0 Å². The molecule has 0 unspecified atom stereocenters. The second kappa shape index (κ2) is 4.27. The minimum Gasteiger partial charge on any atom is -0.103 e. The standard InChI is InChI=1S/C13H18/c1-5-6-7-13-9-11(3)10(2)8-12(13)4/h5,8-9H,1,6-7H2,2-4H3. The average molecular weight is 174 g/mol. The highest BCUT2D eigenvalue weighted by molar-refractivity contribution is 5.36. The van der Waals surface area contributed by atoms with E-state index in [1.54, 1.807) is 0 Å². The number of hydrogen-bond acceptors (Lipinski definition) is 0. The van der Waals surface area contributed by atoms with E-state index in [0.717, 1.165) is 12.8 Å². The average Bonchev–Trinajstić information content (AvgIpc) is 2.09. The number of hydrogen-bond donors (Lipinski definition) is 0. The minimum absolute atomic E-state index is 1.07. The van der Waals surface area contributed by atoms with Crippen LogP contribution >= 0.6 is 0 Å². The first-order valence-electron chi connectivity index (χ1n) is 4.82. The summed E-state index contributed by atoms with van der Waals surface area (Å²) in [6, 6.07) is 4.57. The van der Waals surface area contributed by atoms with Gasteiger partial charge >= 0.3 is 0 Å². The van der Waals surface area contributed by atoms with Gasteiger partial charge in [-0.1, -0.05) is 18.2 Å². The Kier molecular flexibility index (Phi) is 3.30. The van der Waals surface area contributed by atoms with Gasteiger partial charge in [0.25, 0.3) is 0 Å². The summed E-state index contributed by atoms with van der Waals surface area (Å²) in [6.07, 6.45) is 4.18. The number of benzene rings is 1. The van der Waals surface area contributed by atoms with Crippen LogP contribution in [0.5, 0.6) is 0 Å². The van der Waals surface area contributed by atoms with Gasteiger partial charge in [0.15, 0.2) is 0 Å². The smallest absolute Gasteiger partial charge is 0.0242 e. The van der Waals surface area contributed by atoms with E-state index >= 15 is 0 Å². The van der Waals surface area contributed by atoms with Gasteiger partial charge in [0.1, 0.15) is 0 Å². The first-order chi connectivity index (χ1) is 6.15. The van der Waals surface area contributed by atoms with Crippen LogP contribution in [0.15, 0.2) is 24.8 Å². The molecule has 0 heterocycles. The van der Waals surface area contributed by atoms with E-state index in [0.29, 0.717) is 0 Å². The van der Waals surface area contributed by atoms with Crippen molar-refractivity contribution in [3.63, 3.8) is 0 Å². The van der Waals surface area contributed by atoms with Gasteiger partial charge in [0.2, 0.25) is 0 Å². The van der Waals surface area contributed by atoms with Crippen LogP contribution < -0.4 is 0 Å². The van der Waals surface area contributed by atoms with E-state index in [1.807, 2.05) is 6.08 Å². The number of aryl methyl sites for hydroxylation is 4. The van der Waals surface area contributed by atoms with Crippen molar-refractivity contribution in [1.82, 2.24) is 0 Å². The molecular formula is C13H18. The maximum atomic E-state index is 3.75. The Morgan fingerprint density at radius 2 is 1.69 bits per heavy atom. The third-order valence-corrected chi connectivity index (χ3v) is 2.57. The molecule has 0 spiro atoms. The van der Waals surface area contributed by atoms with Crippen molar-refractivity contribution in [2.24, 2.45) is 0 Å². The predicted molar refractivity (Wildman–Crippen MR) is 59.2 cm³/mol. The van der Waals surface area contributed by atoms with Gasteiger partial charge < -0.3 is 0 Å². The topological polar surface area (TPSA) is 0 Å². The Balaban J connectivity index is 2.94. The van der Waals surface area contributed by atoms with Crippen molar-refractivity contribution in [2.45, 2.75) is 33.6 Å². The summed E-state index contributed by atoms with van der Waals surface area (Å²) in [4.78, 5) is 0. The van der Waals surface area contributed by atoms with E-state index in [1.165, 1.54) is 22.3 Å². The SMILES string of the molecule is C=CCCc1cc(C)c(C)cc1C. The fourth-order valence-corrected chi connectivity index (χ4v) is 1.55. The highest BCUT2D eigenvalue weighted by atomic mass is 14.1. The Labute approximate surface area is 81.3 Å². The molecule has 0 aromatic heterocycles. The molecular weight excluding hydrogens is 156 g/mol. The zero-order chi connectivity index (χ0) is 9.84. The van der Waals surface area contributed by atoms with Gasteiger partial charge in [-0.15, -0.1) is 6.58 Å². The number of rotatable bonds is 3. The Hall–Kier alpha value is -1.04. The summed E-state index contributed by atoms with van der Waals surface area (Å²) in [7, 11) is 0. The molecule has 70 valence electrons. The molecule has 0 heteroatoms. The first-order valence-corrected chi connectivity index (χ1v) is 4.82. The van der Waals surface area contributed by atoms with E-state index in [-0.39, 0.29) is 0 Å². The zero-order valence-corrected chi connectivity index (χ0v) is 8.85. The lowest BCUT2D eigenvalue weighted by Gasteiger charge is -2.08. The summed E-state index contributed by atoms with van der Waals surface area (Å²) >= 11 is 0. The predicted octanol–water partition coefficient (Wildman–Crippen LogP) is 3.73. The molecule has 0 saturated carbocycles. The second-order valence-electron chi connectivity index (χ2n) is 3.69. The summed E-state index contributed by atoms with van der Waals surface area (Å²) in [5, 5.41) is 0. The van der Waals surface area contributed by atoms with Crippen molar-refractivity contribution < 1.29 is 0 Å². The lowest BCUT2D eigenvalue weighted by atomic mass is 9.98. The molecule has 0 aliphatic heterocycles. The molecule has 0 bridgehead atoms. The van der Waals surface area contributed by atoms with Crippen LogP contribution in [0, 0.1) is 20.8 Å². The maximum Gasteiger partial charge on any atom is -0.0242 e. The monoisotopic (exact) mass is 174 g/mol. The fourth-order valence-electron chi connectivity index (χ4n) is 1.55. The summed E-state index contributed by atoms with van der Waals surface area (Å²) in [6.45, 7) is 10.3. The third-order valence-electron chi connectivity index (χ3n) is 2.57. The molecule has 0 saturated heterocycles. The molecule has 1 aromatic carbocycles. The molecule has 13 heavy (non-hydrogen) atoms. The minimum atomic E-state index is 1.07. The molecule has 1 aromatic rings. The third kappa shape index (κ3) is 2.45. The zero-order valence-electron chi connectivity index (χ0n) is 8.85. The van der Waals surface area contributed by atoms with E-state index < -0.39 is 0 Å². The van der Waals surface area contributed by atoms with Crippen LogP contribution in [0.2, 0.25) is 0 Å². The molecule has 0 aliphatic rings. The van der Waals surface area contributed by atoms with Crippen molar-refractivity contribution in [3.05, 3.63) is 47.0 Å². The summed E-state index contributed by atoms with van der Waals surface area (Å²) in [5.74, 6) is 0. The van der Waals surface area contributed by atoms with Gasteiger partial charge in [-0.3, -0.25) is 0 Å². The van der Waals surface area contributed by atoms with Crippen molar-refractivity contribution in [2.75, 3.05) is 0 Å². The highest BCUT2D eigenvalue weighted by Gasteiger charge is 2.00. The van der Waals surface area contributed by atoms with Gasteiger partial charge in [-0.05, 0) is 55.9 Å². The van der Waals surface area contributed by atoms with Crippen LogP contribution in [0.1, 0.15) is 28.7 Å². The normalized spacial score (nSPS) is 10.1. The Bertz CT molecular complexity index is 308. The highest BCUT2D eigenvalue weighted by Crippen LogP contribution is 2.16.